The molecule has 10 rings (SSSR count). The molecule has 1 nitrogen and oxygen atoms in total. The van der Waals surface area contributed by atoms with Gasteiger partial charge in [0.1, 0.15) is 0 Å². The van der Waals surface area contributed by atoms with Crippen LogP contribution in [-0.4, -0.2) is 0 Å². The summed E-state index contributed by atoms with van der Waals surface area (Å²) in [6.07, 6.45) is 0. The molecule has 0 aliphatic rings. The van der Waals surface area contributed by atoms with Crippen LogP contribution in [0.4, 0.5) is 17.1 Å². The van der Waals surface area contributed by atoms with E-state index in [1.165, 1.54) is 75.8 Å². The van der Waals surface area contributed by atoms with Gasteiger partial charge in [0.2, 0.25) is 0 Å². The number of thiophene rings is 1. The Kier molecular flexibility index (Phi) is 8.79. The number of benzene rings is 9. The third-order valence-corrected chi connectivity index (χ3v) is 11.9. The van der Waals surface area contributed by atoms with Crippen molar-refractivity contribution >= 4 is 48.6 Å². The smallest absolute Gasteiger partial charge is 0.0462 e. The van der Waals surface area contributed by atoms with E-state index in [0.29, 0.717) is 0 Å². The highest BCUT2D eigenvalue weighted by Crippen LogP contribution is 2.46. The Bertz CT molecular complexity index is 2810. The molecule has 0 aliphatic carbocycles. The first kappa shape index (κ1) is 33.6. The van der Waals surface area contributed by atoms with E-state index in [1.54, 1.807) is 0 Å². The highest BCUT2D eigenvalue weighted by molar-refractivity contribution is 7.26. The van der Waals surface area contributed by atoms with Crippen molar-refractivity contribution in [3.8, 4) is 55.6 Å². The SMILES string of the molecule is c1ccc(-c2ccc(-c3c(-c4ccc(N(c5ccc(-c6ccccc6)cc5)c5ccc(-c6ccccc6)cc5)cc4)ccc4sc5ccccc5c34)cc2)cc1. The molecule has 0 radical (unpaired) electrons. The van der Waals surface area contributed by atoms with Gasteiger partial charge in [-0.3, -0.25) is 0 Å². The van der Waals surface area contributed by atoms with Gasteiger partial charge < -0.3 is 4.90 Å². The molecule has 0 amide bonds. The van der Waals surface area contributed by atoms with Crippen molar-refractivity contribution < 1.29 is 0 Å². The molecule has 0 unspecified atom stereocenters. The van der Waals surface area contributed by atoms with Crippen molar-refractivity contribution in [1.82, 2.24) is 0 Å². The summed E-state index contributed by atoms with van der Waals surface area (Å²) in [5, 5.41) is 2.62. The maximum absolute atomic E-state index is 2.35. The fourth-order valence-electron chi connectivity index (χ4n) is 7.92. The second-order valence-electron chi connectivity index (χ2n) is 14.1. The van der Waals surface area contributed by atoms with Gasteiger partial charge in [-0.2, -0.15) is 0 Å². The highest BCUT2D eigenvalue weighted by atomic mass is 32.1. The Morgan fingerprint density at radius 1 is 0.268 bits per heavy atom. The van der Waals surface area contributed by atoms with Crippen LogP contribution in [0.3, 0.4) is 0 Å². The summed E-state index contributed by atoms with van der Waals surface area (Å²) in [6, 6.07) is 81.2. The lowest BCUT2D eigenvalue weighted by Crippen LogP contribution is -2.09. The maximum atomic E-state index is 2.35. The molecule has 0 aliphatic heterocycles. The molecule has 1 heterocycles. The minimum absolute atomic E-state index is 1.10. The minimum atomic E-state index is 1.10. The Hall–Kier alpha value is -7.00. The van der Waals surface area contributed by atoms with E-state index in [2.05, 4.69) is 229 Å². The van der Waals surface area contributed by atoms with Gasteiger partial charge in [-0.05, 0) is 104 Å². The first-order valence-electron chi connectivity index (χ1n) is 19.1. The molecule has 0 saturated carbocycles. The van der Waals surface area contributed by atoms with Crippen LogP contribution < -0.4 is 4.90 Å². The lowest BCUT2D eigenvalue weighted by Gasteiger charge is -2.26. The van der Waals surface area contributed by atoms with Crippen LogP contribution in [0, 0.1) is 0 Å². The zero-order valence-corrected chi connectivity index (χ0v) is 31.5. The first-order valence-corrected chi connectivity index (χ1v) is 19.9. The molecule has 1 aromatic heterocycles. The Morgan fingerprint density at radius 2 is 0.643 bits per heavy atom. The topological polar surface area (TPSA) is 3.24 Å². The van der Waals surface area contributed by atoms with Gasteiger partial charge in [-0.25, -0.2) is 0 Å². The first-order chi connectivity index (χ1) is 27.8. The molecule has 0 saturated heterocycles. The van der Waals surface area contributed by atoms with Gasteiger partial charge in [0.15, 0.2) is 0 Å². The van der Waals surface area contributed by atoms with Crippen molar-refractivity contribution in [2.45, 2.75) is 0 Å². The van der Waals surface area contributed by atoms with Crippen LogP contribution in [0.15, 0.2) is 224 Å². The lowest BCUT2D eigenvalue weighted by molar-refractivity contribution is 1.28. The summed E-state index contributed by atoms with van der Waals surface area (Å²) in [7, 11) is 0. The number of hydrogen-bond acceptors (Lipinski definition) is 2. The zero-order valence-electron chi connectivity index (χ0n) is 30.7. The summed E-state index contributed by atoms with van der Waals surface area (Å²) in [4.78, 5) is 2.35. The average molecular weight is 732 g/mol. The number of rotatable bonds is 8. The summed E-state index contributed by atoms with van der Waals surface area (Å²) < 4.78 is 2.61. The van der Waals surface area contributed by atoms with Crippen molar-refractivity contribution in [2.24, 2.45) is 0 Å². The van der Waals surface area contributed by atoms with E-state index in [-0.39, 0.29) is 0 Å². The molecule has 56 heavy (non-hydrogen) atoms. The summed E-state index contributed by atoms with van der Waals surface area (Å²) in [6.45, 7) is 0. The fraction of sp³-hybridized carbons (Fsp3) is 0. The van der Waals surface area contributed by atoms with Crippen molar-refractivity contribution in [2.75, 3.05) is 4.90 Å². The summed E-state index contributed by atoms with van der Waals surface area (Å²) in [5.74, 6) is 0. The zero-order chi connectivity index (χ0) is 37.3. The second-order valence-corrected chi connectivity index (χ2v) is 15.2. The van der Waals surface area contributed by atoms with E-state index < -0.39 is 0 Å². The normalized spacial score (nSPS) is 11.2. The maximum Gasteiger partial charge on any atom is 0.0462 e. The molecule has 0 atom stereocenters. The Labute approximate surface area is 332 Å². The van der Waals surface area contributed by atoms with Gasteiger partial charge in [0.25, 0.3) is 0 Å². The molecule has 0 N–H and O–H groups in total. The third kappa shape index (κ3) is 6.36. The van der Waals surface area contributed by atoms with Gasteiger partial charge >= 0.3 is 0 Å². The van der Waals surface area contributed by atoms with Crippen LogP contribution in [-0.2, 0) is 0 Å². The van der Waals surface area contributed by atoms with Crippen LogP contribution in [0.1, 0.15) is 0 Å². The van der Waals surface area contributed by atoms with Crippen molar-refractivity contribution in [3.63, 3.8) is 0 Å². The Balaban J connectivity index is 1.08. The predicted molar refractivity (Wildman–Crippen MR) is 241 cm³/mol. The molecule has 0 spiro atoms. The quantitative estimate of drug-likeness (QED) is 0.150. The largest absolute Gasteiger partial charge is 0.311 e. The molecule has 10 aromatic rings. The van der Waals surface area contributed by atoms with E-state index in [1.807, 2.05) is 11.3 Å². The van der Waals surface area contributed by atoms with Crippen LogP contribution in [0.2, 0.25) is 0 Å². The highest BCUT2D eigenvalue weighted by Gasteiger charge is 2.18. The standard InChI is InChI=1S/C54H37NS/c1-4-12-38(13-5-1)41-20-22-45(23-21-41)53-49(36-37-52-54(53)50-18-10-11-19-51(50)56-52)44-28-34-48(35-29-44)55(46-30-24-42(25-31-46)39-14-6-2-7-15-39)47-32-26-43(27-33-47)40-16-8-3-9-17-40/h1-37H. The monoisotopic (exact) mass is 731 g/mol. The number of nitrogens with zero attached hydrogens (tertiary/aromatic N) is 1. The van der Waals surface area contributed by atoms with Crippen molar-refractivity contribution in [1.29, 1.82) is 0 Å². The fourth-order valence-corrected chi connectivity index (χ4v) is 9.04. The number of anilines is 3. The molecule has 2 heteroatoms. The van der Waals surface area contributed by atoms with Crippen LogP contribution in [0.5, 0.6) is 0 Å². The third-order valence-electron chi connectivity index (χ3n) is 10.7. The van der Waals surface area contributed by atoms with E-state index in [0.717, 1.165) is 17.1 Å². The molecular weight excluding hydrogens is 695 g/mol. The van der Waals surface area contributed by atoms with Crippen LogP contribution in [0.25, 0.3) is 75.8 Å². The van der Waals surface area contributed by atoms with Gasteiger partial charge in [-0.1, -0.05) is 176 Å². The van der Waals surface area contributed by atoms with Crippen LogP contribution >= 0.6 is 11.3 Å². The minimum Gasteiger partial charge on any atom is -0.311 e. The molecular formula is C54H37NS. The predicted octanol–water partition coefficient (Wildman–Crippen LogP) is 15.9. The summed E-state index contributed by atoms with van der Waals surface area (Å²) >= 11 is 1.87. The summed E-state index contributed by atoms with van der Waals surface area (Å²) in [5.41, 5.74) is 15.5. The van der Waals surface area contributed by atoms with E-state index in [9.17, 15) is 0 Å². The van der Waals surface area contributed by atoms with Gasteiger partial charge in [0.05, 0.1) is 0 Å². The number of hydrogen-bond donors (Lipinski definition) is 0. The average Bonchev–Trinajstić information content (AvgIpc) is 3.67. The van der Waals surface area contributed by atoms with Gasteiger partial charge in [0, 0.05) is 37.2 Å². The molecule has 264 valence electrons. The lowest BCUT2D eigenvalue weighted by atomic mass is 9.90. The van der Waals surface area contributed by atoms with E-state index in [4.69, 9.17) is 0 Å². The molecule has 0 bridgehead atoms. The molecule has 0 fully saturated rings. The second kappa shape index (κ2) is 14.7. The van der Waals surface area contributed by atoms with Crippen molar-refractivity contribution in [3.05, 3.63) is 224 Å². The Morgan fingerprint density at radius 3 is 1.12 bits per heavy atom. The molecule has 9 aromatic carbocycles. The number of fused-ring (bicyclic) bond motifs is 3. The van der Waals surface area contributed by atoms with E-state index >= 15 is 0 Å². The van der Waals surface area contributed by atoms with Gasteiger partial charge in [-0.15, -0.1) is 11.3 Å².